The van der Waals surface area contributed by atoms with Crippen LogP contribution in [0.15, 0.2) is 24.3 Å². The zero-order valence-corrected chi connectivity index (χ0v) is 9.42. The lowest BCUT2D eigenvalue weighted by Crippen LogP contribution is -2.17. The van der Waals surface area contributed by atoms with Crippen LogP contribution < -0.4 is 4.72 Å². The summed E-state index contributed by atoms with van der Waals surface area (Å²) in [5, 5.41) is 8.56. The molecule has 0 radical (unpaired) electrons. The smallest absolute Gasteiger partial charge is 0.232 e. The molecule has 0 aliphatic rings. The number of benzene rings is 1. The molecule has 1 aromatic rings. The van der Waals surface area contributed by atoms with Gasteiger partial charge >= 0.3 is 0 Å². The number of aliphatic hydroxyl groups is 1. The van der Waals surface area contributed by atoms with E-state index in [-0.39, 0.29) is 18.8 Å². The summed E-state index contributed by atoms with van der Waals surface area (Å²) in [6.45, 7) is 1.72. The Morgan fingerprint density at radius 1 is 1.33 bits per heavy atom. The SMILES string of the molecule is Cc1ccccc1NS(=O)(=O)CCCO. The minimum atomic E-state index is -3.33. The van der Waals surface area contributed by atoms with E-state index in [0.717, 1.165) is 5.56 Å². The van der Waals surface area contributed by atoms with Gasteiger partial charge in [-0.25, -0.2) is 8.42 Å². The Hall–Kier alpha value is -1.07. The van der Waals surface area contributed by atoms with Gasteiger partial charge in [0.2, 0.25) is 10.0 Å². The van der Waals surface area contributed by atoms with Crippen LogP contribution in [0.3, 0.4) is 0 Å². The maximum absolute atomic E-state index is 11.5. The summed E-state index contributed by atoms with van der Waals surface area (Å²) < 4.78 is 25.5. The molecule has 0 fully saturated rings. The minimum absolute atomic E-state index is 0.0577. The van der Waals surface area contributed by atoms with Crippen molar-refractivity contribution in [1.82, 2.24) is 0 Å². The van der Waals surface area contributed by atoms with Crippen LogP contribution in [0.1, 0.15) is 12.0 Å². The molecule has 5 heteroatoms. The first-order valence-electron chi connectivity index (χ1n) is 4.72. The summed E-state index contributed by atoms with van der Waals surface area (Å²) in [5.74, 6) is -0.0577. The van der Waals surface area contributed by atoms with Gasteiger partial charge < -0.3 is 5.11 Å². The summed E-state index contributed by atoms with van der Waals surface area (Å²) >= 11 is 0. The van der Waals surface area contributed by atoms with E-state index in [9.17, 15) is 8.42 Å². The van der Waals surface area contributed by atoms with Crippen molar-refractivity contribution in [2.24, 2.45) is 0 Å². The van der Waals surface area contributed by atoms with E-state index in [2.05, 4.69) is 4.72 Å². The Labute approximate surface area is 90.0 Å². The quantitative estimate of drug-likeness (QED) is 0.795. The number of aliphatic hydroxyl groups excluding tert-OH is 1. The van der Waals surface area contributed by atoms with E-state index in [0.29, 0.717) is 5.69 Å². The molecule has 0 heterocycles. The van der Waals surface area contributed by atoms with Gasteiger partial charge in [0.1, 0.15) is 0 Å². The topological polar surface area (TPSA) is 66.4 Å². The summed E-state index contributed by atoms with van der Waals surface area (Å²) in [5.41, 5.74) is 1.47. The third-order valence-corrected chi connectivity index (χ3v) is 3.34. The number of aryl methyl sites for hydroxylation is 1. The maximum atomic E-state index is 11.5. The second-order valence-electron chi connectivity index (χ2n) is 3.31. The van der Waals surface area contributed by atoms with Crippen molar-refractivity contribution < 1.29 is 13.5 Å². The van der Waals surface area contributed by atoms with Gasteiger partial charge in [-0.1, -0.05) is 18.2 Å². The predicted octanol–water partition coefficient (Wildman–Crippen LogP) is 1.12. The fourth-order valence-corrected chi connectivity index (χ4v) is 2.34. The Balaban J connectivity index is 2.74. The first-order valence-corrected chi connectivity index (χ1v) is 6.37. The molecular formula is C10H15NO3S. The average Bonchev–Trinajstić information content (AvgIpc) is 2.18. The highest BCUT2D eigenvalue weighted by Crippen LogP contribution is 2.15. The average molecular weight is 229 g/mol. The summed E-state index contributed by atoms with van der Waals surface area (Å²) in [4.78, 5) is 0. The van der Waals surface area contributed by atoms with Crippen LogP contribution in [0.2, 0.25) is 0 Å². The molecule has 1 rings (SSSR count). The van der Waals surface area contributed by atoms with Crippen molar-refractivity contribution in [2.45, 2.75) is 13.3 Å². The molecule has 0 aliphatic carbocycles. The second kappa shape index (κ2) is 5.14. The van der Waals surface area contributed by atoms with Gasteiger partial charge in [-0.15, -0.1) is 0 Å². The van der Waals surface area contributed by atoms with Crippen molar-refractivity contribution in [3.63, 3.8) is 0 Å². The van der Waals surface area contributed by atoms with E-state index in [1.54, 1.807) is 12.1 Å². The number of para-hydroxylation sites is 1. The fourth-order valence-electron chi connectivity index (χ4n) is 1.16. The minimum Gasteiger partial charge on any atom is -0.396 e. The highest BCUT2D eigenvalue weighted by molar-refractivity contribution is 7.92. The van der Waals surface area contributed by atoms with Crippen molar-refractivity contribution in [3.05, 3.63) is 29.8 Å². The van der Waals surface area contributed by atoms with Gasteiger partial charge in [-0.3, -0.25) is 4.72 Å². The van der Waals surface area contributed by atoms with E-state index in [1.165, 1.54) is 0 Å². The first-order chi connectivity index (χ1) is 7.05. The van der Waals surface area contributed by atoms with Crippen LogP contribution in [-0.2, 0) is 10.0 Å². The first kappa shape index (κ1) is 12.0. The zero-order chi connectivity index (χ0) is 11.3. The van der Waals surface area contributed by atoms with Gasteiger partial charge in [0.15, 0.2) is 0 Å². The summed E-state index contributed by atoms with van der Waals surface area (Å²) in [6, 6.07) is 7.17. The van der Waals surface area contributed by atoms with Crippen molar-refractivity contribution >= 4 is 15.7 Å². The van der Waals surface area contributed by atoms with Crippen LogP contribution in [-0.4, -0.2) is 25.9 Å². The molecule has 0 bridgehead atoms. The molecule has 0 aliphatic heterocycles. The Morgan fingerprint density at radius 3 is 2.60 bits per heavy atom. The zero-order valence-electron chi connectivity index (χ0n) is 8.60. The molecule has 4 nitrogen and oxygen atoms in total. The fraction of sp³-hybridized carbons (Fsp3) is 0.400. The maximum Gasteiger partial charge on any atom is 0.232 e. The van der Waals surface area contributed by atoms with Gasteiger partial charge in [0.05, 0.1) is 11.4 Å². The molecule has 84 valence electrons. The molecule has 0 spiro atoms. The molecule has 1 aromatic carbocycles. The van der Waals surface area contributed by atoms with Crippen LogP contribution in [0, 0.1) is 6.92 Å². The molecule has 0 saturated heterocycles. The second-order valence-corrected chi connectivity index (χ2v) is 5.15. The third kappa shape index (κ3) is 3.89. The van der Waals surface area contributed by atoms with Gasteiger partial charge in [0, 0.05) is 6.61 Å². The lowest BCUT2D eigenvalue weighted by atomic mass is 10.2. The lowest BCUT2D eigenvalue weighted by molar-refractivity contribution is 0.295. The van der Waals surface area contributed by atoms with Crippen molar-refractivity contribution in [2.75, 3.05) is 17.1 Å². The number of hydrogen-bond donors (Lipinski definition) is 2. The molecule has 0 saturated carbocycles. The van der Waals surface area contributed by atoms with E-state index < -0.39 is 10.0 Å². The van der Waals surface area contributed by atoms with Crippen LogP contribution >= 0.6 is 0 Å². The molecule has 0 unspecified atom stereocenters. The van der Waals surface area contributed by atoms with E-state index in [4.69, 9.17) is 5.11 Å². The summed E-state index contributed by atoms with van der Waals surface area (Å²) in [7, 11) is -3.33. The molecular weight excluding hydrogens is 214 g/mol. The van der Waals surface area contributed by atoms with Gasteiger partial charge in [-0.05, 0) is 25.0 Å². The van der Waals surface area contributed by atoms with Crippen LogP contribution in [0.25, 0.3) is 0 Å². The van der Waals surface area contributed by atoms with Crippen molar-refractivity contribution in [1.29, 1.82) is 0 Å². The Bertz CT molecular complexity index is 414. The molecule has 2 N–H and O–H groups in total. The third-order valence-electron chi connectivity index (χ3n) is 1.98. The highest BCUT2D eigenvalue weighted by Gasteiger charge is 2.10. The standard InChI is InChI=1S/C10H15NO3S/c1-9-5-2-3-6-10(9)11-15(13,14)8-4-7-12/h2-3,5-6,11-12H,4,7-8H2,1H3. The number of nitrogens with one attached hydrogen (secondary N) is 1. The number of hydrogen-bond acceptors (Lipinski definition) is 3. The Kier molecular flexibility index (Phi) is 4.11. The van der Waals surface area contributed by atoms with Gasteiger partial charge in [0.25, 0.3) is 0 Å². The molecule has 0 amide bonds. The lowest BCUT2D eigenvalue weighted by Gasteiger charge is -2.09. The summed E-state index contributed by atoms with van der Waals surface area (Å²) in [6.07, 6.45) is 0.251. The predicted molar refractivity (Wildman–Crippen MR) is 60.3 cm³/mol. The van der Waals surface area contributed by atoms with Gasteiger partial charge in [-0.2, -0.15) is 0 Å². The molecule has 0 atom stereocenters. The molecule has 0 aromatic heterocycles. The van der Waals surface area contributed by atoms with E-state index >= 15 is 0 Å². The van der Waals surface area contributed by atoms with Crippen LogP contribution in [0.4, 0.5) is 5.69 Å². The largest absolute Gasteiger partial charge is 0.396 e. The van der Waals surface area contributed by atoms with Crippen LogP contribution in [0.5, 0.6) is 0 Å². The number of rotatable bonds is 5. The van der Waals surface area contributed by atoms with Crippen molar-refractivity contribution in [3.8, 4) is 0 Å². The Morgan fingerprint density at radius 2 is 2.00 bits per heavy atom. The number of sulfonamides is 1. The molecule has 15 heavy (non-hydrogen) atoms. The highest BCUT2D eigenvalue weighted by atomic mass is 32.2. The number of anilines is 1. The van der Waals surface area contributed by atoms with E-state index in [1.807, 2.05) is 19.1 Å². The monoisotopic (exact) mass is 229 g/mol. The normalized spacial score (nSPS) is 11.3.